The summed E-state index contributed by atoms with van der Waals surface area (Å²) in [6, 6.07) is 10.1. The normalized spacial score (nSPS) is 14.1. The Morgan fingerprint density at radius 3 is 2.53 bits per heavy atom. The van der Waals surface area contributed by atoms with E-state index in [1.165, 1.54) is 0 Å². The molecule has 4 nitrogen and oxygen atoms in total. The van der Waals surface area contributed by atoms with Crippen LogP contribution in [0.15, 0.2) is 36.5 Å². The fourth-order valence-corrected chi connectivity index (χ4v) is 1.79. The van der Waals surface area contributed by atoms with Crippen LogP contribution in [0, 0.1) is 5.41 Å². The van der Waals surface area contributed by atoms with Crippen LogP contribution in [0.2, 0.25) is 0 Å². The molecule has 1 heterocycles. The number of hydrogen-bond donors (Lipinski definition) is 3. The van der Waals surface area contributed by atoms with Crippen molar-refractivity contribution in [2.24, 2.45) is 5.41 Å². The third-order valence-electron chi connectivity index (χ3n) is 3.65. The Balaban J connectivity index is 2.00. The molecule has 2 aromatic rings. The molecule has 1 unspecified atom stereocenters. The zero-order valence-electron chi connectivity index (χ0n) is 11.5. The smallest absolute Gasteiger partial charge is 0.0650 e. The van der Waals surface area contributed by atoms with Gasteiger partial charge in [0.15, 0.2) is 0 Å². The van der Waals surface area contributed by atoms with Gasteiger partial charge in [-0.1, -0.05) is 26.0 Å². The van der Waals surface area contributed by atoms with Crippen molar-refractivity contribution in [1.82, 2.24) is 10.2 Å². The minimum atomic E-state index is -0.0674. The first-order valence-electron chi connectivity index (χ1n) is 6.61. The number of aliphatic hydroxyl groups is 1. The van der Waals surface area contributed by atoms with Crippen LogP contribution < -0.4 is 5.32 Å². The molecule has 0 aliphatic carbocycles. The Morgan fingerprint density at radius 2 is 2.00 bits per heavy atom. The lowest BCUT2D eigenvalue weighted by atomic mass is 9.88. The summed E-state index contributed by atoms with van der Waals surface area (Å²) in [5.74, 6) is 0. The molecule has 1 atom stereocenters. The minimum absolute atomic E-state index is 0.0674. The van der Waals surface area contributed by atoms with Crippen molar-refractivity contribution in [3.63, 3.8) is 0 Å². The van der Waals surface area contributed by atoms with Gasteiger partial charge in [0.1, 0.15) is 0 Å². The molecular formula is C15H21N3O. The molecule has 0 bridgehead atoms. The van der Waals surface area contributed by atoms with E-state index in [4.69, 9.17) is 0 Å². The monoisotopic (exact) mass is 259 g/mol. The first-order chi connectivity index (χ1) is 9.17. The number of rotatable bonds is 6. The second kappa shape index (κ2) is 5.89. The highest BCUT2D eigenvalue weighted by Gasteiger charge is 2.20. The Kier molecular flexibility index (Phi) is 4.22. The Labute approximate surface area is 113 Å². The van der Waals surface area contributed by atoms with Crippen molar-refractivity contribution in [2.75, 3.05) is 18.5 Å². The molecule has 1 aromatic carbocycles. The molecule has 102 valence electrons. The van der Waals surface area contributed by atoms with Crippen LogP contribution in [0.1, 0.15) is 20.3 Å². The number of benzene rings is 1. The molecule has 4 heteroatoms. The average molecular weight is 259 g/mol. The summed E-state index contributed by atoms with van der Waals surface area (Å²) in [7, 11) is 0. The summed E-state index contributed by atoms with van der Waals surface area (Å²) in [6.45, 7) is 5.14. The maximum Gasteiger partial charge on any atom is 0.0650 e. The van der Waals surface area contributed by atoms with E-state index < -0.39 is 0 Å². The van der Waals surface area contributed by atoms with Gasteiger partial charge in [0.25, 0.3) is 0 Å². The van der Waals surface area contributed by atoms with Crippen molar-refractivity contribution >= 4 is 5.69 Å². The van der Waals surface area contributed by atoms with Crippen molar-refractivity contribution < 1.29 is 5.11 Å². The van der Waals surface area contributed by atoms with E-state index in [-0.39, 0.29) is 12.0 Å². The Hall–Kier alpha value is -1.81. The summed E-state index contributed by atoms with van der Waals surface area (Å²) in [5.41, 5.74) is 3.13. The second-order valence-corrected chi connectivity index (χ2v) is 5.22. The maximum absolute atomic E-state index is 9.38. The van der Waals surface area contributed by atoms with Gasteiger partial charge >= 0.3 is 0 Å². The minimum Gasteiger partial charge on any atom is -0.396 e. The van der Waals surface area contributed by atoms with E-state index in [1.54, 1.807) is 6.20 Å². The number of aromatic nitrogens is 2. The van der Waals surface area contributed by atoms with Crippen LogP contribution in [0.5, 0.6) is 0 Å². The zero-order valence-corrected chi connectivity index (χ0v) is 11.5. The van der Waals surface area contributed by atoms with Crippen LogP contribution in [0.25, 0.3) is 11.3 Å². The molecule has 3 N–H and O–H groups in total. The molecule has 0 aliphatic heterocycles. The number of anilines is 1. The second-order valence-electron chi connectivity index (χ2n) is 5.22. The summed E-state index contributed by atoms with van der Waals surface area (Å²) in [5, 5.41) is 19.6. The van der Waals surface area contributed by atoms with Crippen LogP contribution >= 0.6 is 0 Å². The Morgan fingerprint density at radius 1 is 1.26 bits per heavy atom. The largest absolute Gasteiger partial charge is 0.396 e. The maximum atomic E-state index is 9.38. The summed E-state index contributed by atoms with van der Waals surface area (Å²) < 4.78 is 0. The summed E-state index contributed by atoms with van der Waals surface area (Å²) >= 11 is 0. The van der Waals surface area contributed by atoms with Crippen molar-refractivity contribution in [2.45, 2.75) is 20.3 Å². The van der Waals surface area contributed by atoms with Gasteiger partial charge in [-0.25, -0.2) is 0 Å². The topological polar surface area (TPSA) is 60.9 Å². The standard InChI is InChI=1S/C15H21N3O/c1-3-15(2,11-19)10-16-13-6-4-12(5-7-13)14-8-9-17-18-14/h4-9,16,19H,3,10-11H2,1-2H3,(H,17,18). The predicted octanol–water partition coefficient (Wildman–Crippen LogP) is 2.90. The highest BCUT2D eigenvalue weighted by atomic mass is 16.3. The summed E-state index contributed by atoms with van der Waals surface area (Å²) in [6.07, 6.45) is 2.69. The third kappa shape index (κ3) is 3.35. The van der Waals surface area contributed by atoms with Gasteiger partial charge in [0.05, 0.1) is 12.3 Å². The Bertz CT molecular complexity index is 487. The highest BCUT2D eigenvalue weighted by molar-refractivity contribution is 5.62. The van der Waals surface area contributed by atoms with E-state index in [0.717, 1.165) is 29.9 Å². The molecule has 0 radical (unpaired) electrons. The first-order valence-corrected chi connectivity index (χ1v) is 6.61. The number of hydrogen-bond acceptors (Lipinski definition) is 3. The van der Waals surface area contributed by atoms with E-state index in [2.05, 4.69) is 41.5 Å². The van der Waals surface area contributed by atoms with Gasteiger partial charge in [0, 0.05) is 23.8 Å². The molecule has 2 rings (SSSR count). The number of aromatic amines is 1. The lowest BCUT2D eigenvalue weighted by Gasteiger charge is -2.26. The van der Waals surface area contributed by atoms with Crippen LogP contribution in [-0.4, -0.2) is 28.5 Å². The van der Waals surface area contributed by atoms with Gasteiger partial charge in [-0.15, -0.1) is 0 Å². The van der Waals surface area contributed by atoms with E-state index >= 15 is 0 Å². The fourth-order valence-electron chi connectivity index (χ4n) is 1.79. The molecule has 0 fully saturated rings. The number of H-pyrrole nitrogens is 1. The van der Waals surface area contributed by atoms with Crippen molar-refractivity contribution in [3.05, 3.63) is 36.5 Å². The predicted molar refractivity (Wildman–Crippen MR) is 78.0 cm³/mol. The lowest BCUT2D eigenvalue weighted by molar-refractivity contribution is 0.149. The van der Waals surface area contributed by atoms with Gasteiger partial charge in [0.2, 0.25) is 0 Å². The van der Waals surface area contributed by atoms with Crippen LogP contribution in [0.4, 0.5) is 5.69 Å². The molecular weight excluding hydrogens is 238 g/mol. The molecule has 0 spiro atoms. The SMILES string of the molecule is CCC(C)(CO)CNc1ccc(-c2ccn[nH]2)cc1. The third-order valence-corrected chi connectivity index (χ3v) is 3.65. The van der Waals surface area contributed by atoms with Gasteiger partial charge < -0.3 is 10.4 Å². The van der Waals surface area contributed by atoms with E-state index in [9.17, 15) is 5.11 Å². The number of aliphatic hydroxyl groups excluding tert-OH is 1. The first kappa shape index (κ1) is 13.6. The number of nitrogens with one attached hydrogen (secondary N) is 2. The van der Waals surface area contributed by atoms with Gasteiger partial charge in [-0.2, -0.15) is 5.10 Å². The zero-order chi connectivity index (χ0) is 13.7. The molecule has 0 amide bonds. The molecule has 0 aliphatic rings. The van der Waals surface area contributed by atoms with Gasteiger partial charge in [-0.3, -0.25) is 5.10 Å². The van der Waals surface area contributed by atoms with Gasteiger partial charge in [-0.05, 0) is 30.2 Å². The van der Waals surface area contributed by atoms with Crippen molar-refractivity contribution in [1.29, 1.82) is 0 Å². The van der Waals surface area contributed by atoms with E-state index in [1.807, 2.05) is 18.2 Å². The summed E-state index contributed by atoms with van der Waals surface area (Å²) in [4.78, 5) is 0. The van der Waals surface area contributed by atoms with Crippen molar-refractivity contribution in [3.8, 4) is 11.3 Å². The molecule has 0 saturated carbocycles. The molecule has 0 saturated heterocycles. The molecule has 1 aromatic heterocycles. The van der Waals surface area contributed by atoms with Crippen LogP contribution in [-0.2, 0) is 0 Å². The quantitative estimate of drug-likeness (QED) is 0.747. The molecule has 19 heavy (non-hydrogen) atoms. The fraction of sp³-hybridized carbons (Fsp3) is 0.400. The number of nitrogens with zero attached hydrogens (tertiary/aromatic N) is 1. The highest BCUT2D eigenvalue weighted by Crippen LogP contribution is 2.23. The average Bonchev–Trinajstić information content (AvgIpc) is 2.99. The van der Waals surface area contributed by atoms with E-state index in [0.29, 0.717) is 0 Å². The lowest BCUT2D eigenvalue weighted by Crippen LogP contribution is -2.29. The van der Waals surface area contributed by atoms with Crippen LogP contribution in [0.3, 0.4) is 0 Å².